The highest BCUT2D eigenvalue weighted by Gasteiger charge is 2.38. The van der Waals surface area contributed by atoms with E-state index in [4.69, 9.17) is 8.85 Å². The monoisotopic (exact) mass is 316 g/mol. The molecule has 0 bridgehead atoms. The first-order chi connectivity index (χ1) is 8.77. The van der Waals surface area contributed by atoms with Crippen LogP contribution in [0, 0.1) is 5.92 Å². The molecule has 20 heavy (non-hydrogen) atoms. The predicted octanol–water partition coefficient (Wildman–Crippen LogP) is 5.79. The van der Waals surface area contributed by atoms with Gasteiger partial charge in [-0.1, -0.05) is 34.6 Å². The lowest BCUT2D eigenvalue weighted by molar-refractivity contribution is 0.240. The van der Waals surface area contributed by atoms with Crippen molar-refractivity contribution in [3.8, 4) is 0 Å². The van der Waals surface area contributed by atoms with Gasteiger partial charge >= 0.3 is 0 Å². The summed E-state index contributed by atoms with van der Waals surface area (Å²) in [6, 6.07) is 1.19. The number of rotatable bonds is 7. The van der Waals surface area contributed by atoms with Crippen LogP contribution in [-0.4, -0.2) is 22.7 Å². The van der Waals surface area contributed by atoms with Crippen LogP contribution in [0.5, 0.6) is 0 Å². The molecule has 0 N–H and O–H groups in total. The quantitative estimate of drug-likeness (QED) is 0.437. The van der Waals surface area contributed by atoms with Crippen LogP contribution in [0.3, 0.4) is 0 Å². The molecular weight excluding hydrogens is 280 g/mol. The van der Waals surface area contributed by atoms with Crippen LogP contribution in [0.25, 0.3) is 0 Å². The van der Waals surface area contributed by atoms with Crippen LogP contribution in [0.1, 0.15) is 41.5 Å². The van der Waals surface area contributed by atoms with Gasteiger partial charge < -0.3 is 8.85 Å². The van der Waals surface area contributed by atoms with Crippen molar-refractivity contribution >= 4 is 16.6 Å². The molecule has 0 saturated heterocycles. The third-order valence-corrected chi connectivity index (χ3v) is 11.1. The van der Waals surface area contributed by atoms with Crippen molar-refractivity contribution in [2.24, 2.45) is 5.92 Å². The average molecular weight is 317 g/mol. The molecule has 1 unspecified atom stereocenters. The highest BCUT2D eigenvalue weighted by molar-refractivity contribution is 6.74. The molecule has 0 aromatic rings. The third-order valence-electron chi connectivity index (χ3n) is 3.92. The fourth-order valence-electron chi connectivity index (χ4n) is 2.05. The molecule has 0 aromatic carbocycles. The maximum Gasteiger partial charge on any atom is 0.244 e. The number of hydrogen-bond donors (Lipinski definition) is 0. The first-order valence-corrected chi connectivity index (χ1v) is 13.8. The standard InChI is InChI=1S/C16H36O2Si2/c1-14(2)13-19(7,8)17-12-11-15(3)18-20(9,10)16(4,5)6/h11-12,14-15H,13H2,1-10H3. The first-order valence-electron chi connectivity index (χ1n) is 7.79. The zero-order valence-corrected chi connectivity index (χ0v) is 17.3. The van der Waals surface area contributed by atoms with E-state index in [0.717, 1.165) is 0 Å². The summed E-state index contributed by atoms with van der Waals surface area (Å²) in [5.41, 5.74) is 0. The van der Waals surface area contributed by atoms with Gasteiger partial charge in [-0.25, -0.2) is 0 Å². The molecule has 0 amide bonds. The van der Waals surface area contributed by atoms with Crippen molar-refractivity contribution in [3.63, 3.8) is 0 Å². The van der Waals surface area contributed by atoms with Gasteiger partial charge in [0, 0.05) is 0 Å². The molecule has 0 rings (SSSR count). The lowest BCUT2D eigenvalue weighted by atomic mass is 10.2. The molecule has 0 spiro atoms. The maximum atomic E-state index is 6.29. The fourth-order valence-corrected chi connectivity index (χ4v) is 5.92. The summed E-state index contributed by atoms with van der Waals surface area (Å²) in [4.78, 5) is 0. The summed E-state index contributed by atoms with van der Waals surface area (Å²) in [6.45, 7) is 22.5. The molecule has 2 nitrogen and oxygen atoms in total. The summed E-state index contributed by atoms with van der Waals surface area (Å²) < 4.78 is 12.3. The SMILES string of the molecule is CC(C)C[Si](C)(C)OC=CC(C)O[Si](C)(C)C(C)(C)C. The van der Waals surface area contributed by atoms with Crippen molar-refractivity contribution in [2.45, 2.75) is 84.9 Å². The van der Waals surface area contributed by atoms with E-state index >= 15 is 0 Å². The Hall–Kier alpha value is -0.0662. The van der Waals surface area contributed by atoms with Crippen molar-refractivity contribution < 1.29 is 8.85 Å². The molecule has 0 aromatic heterocycles. The van der Waals surface area contributed by atoms with Gasteiger partial charge in [-0.3, -0.25) is 0 Å². The minimum absolute atomic E-state index is 0.125. The fraction of sp³-hybridized carbons (Fsp3) is 0.875. The Morgan fingerprint density at radius 3 is 1.90 bits per heavy atom. The molecular formula is C16H36O2Si2. The van der Waals surface area contributed by atoms with Gasteiger partial charge in [-0.05, 0) is 56.2 Å². The Balaban J connectivity index is 4.41. The van der Waals surface area contributed by atoms with Gasteiger partial charge in [0.05, 0.1) is 12.4 Å². The van der Waals surface area contributed by atoms with Gasteiger partial charge in [0.15, 0.2) is 8.32 Å². The highest BCUT2D eigenvalue weighted by atomic mass is 28.4. The van der Waals surface area contributed by atoms with E-state index in [1.54, 1.807) is 0 Å². The van der Waals surface area contributed by atoms with Crippen molar-refractivity contribution in [1.82, 2.24) is 0 Å². The van der Waals surface area contributed by atoms with E-state index in [9.17, 15) is 0 Å². The summed E-state index contributed by atoms with van der Waals surface area (Å²) in [5.74, 6) is 0.700. The van der Waals surface area contributed by atoms with Crippen molar-refractivity contribution in [2.75, 3.05) is 0 Å². The van der Waals surface area contributed by atoms with Crippen LogP contribution in [0.15, 0.2) is 12.3 Å². The van der Waals surface area contributed by atoms with Gasteiger partial charge in [0.1, 0.15) is 0 Å². The van der Waals surface area contributed by atoms with Gasteiger partial charge in [0.25, 0.3) is 0 Å². The molecule has 120 valence electrons. The Kier molecular flexibility index (Phi) is 7.25. The molecule has 0 heterocycles. The second-order valence-electron chi connectivity index (χ2n) is 8.39. The summed E-state index contributed by atoms with van der Waals surface area (Å²) >= 11 is 0. The lowest BCUT2D eigenvalue weighted by Crippen LogP contribution is -2.42. The van der Waals surface area contributed by atoms with Crippen LogP contribution in [0.4, 0.5) is 0 Å². The summed E-state index contributed by atoms with van der Waals surface area (Å²) in [5, 5.41) is 0.252. The van der Waals surface area contributed by atoms with Crippen molar-refractivity contribution in [1.29, 1.82) is 0 Å². The van der Waals surface area contributed by atoms with Gasteiger partial charge in [-0.15, -0.1) is 0 Å². The molecule has 0 saturated carbocycles. The molecule has 4 heteroatoms. The molecule has 0 aliphatic rings. The Morgan fingerprint density at radius 2 is 1.50 bits per heavy atom. The zero-order valence-electron chi connectivity index (χ0n) is 15.3. The van der Waals surface area contributed by atoms with E-state index in [2.05, 4.69) is 73.8 Å². The van der Waals surface area contributed by atoms with E-state index < -0.39 is 16.6 Å². The molecule has 1 atom stereocenters. The van der Waals surface area contributed by atoms with Crippen LogP contribution in [-0.2, 0) is 8.85 Å². The maximum absolute atomic E-state index is 6.29. The second-order valence-corrected chi connectivity index (χ2v) is 17.3. The minimum Gasteiger partial charge on any atom is -0.550 e. The van der Waals surface area contributed by atoms with E-state index in [0.29, 0.717) is 5.92 Å². The molecule has 0 radical (unpaired) electrons. The highest BCUT2D eigenvalue weighted by Crippen LogP contribution is 2.37. The molecule has 0 aliphatic carbocycles. The first kappa shape index (κ1) is 19.9. The zero-order chi connectivity index (χ0) is 16.2. The minimum atomic E-state index is -1.69. The lowest BCUT2D eigenvalue weighted by Gasteiger charge is -2.37. The third kappa shape index (κ3) is 7.65. The largest absolute Gasteiger partial charge is 0.550 e. The van der Waals surface area contributed by atoms with Crippen molar-refractivity contribution in [3.05, 3.63) is 12.3 Å². The van der Waals surface area contributed by atoms with Crippen LogP contribution < -0.4 is 0 Å². The van der Waals surface area contributed by atoms with E-state index in [1.165, 1.54) is 6.04 Å². The summed E-state index contributed by atoms with van der Waals surface area (Å²) in [6.07, 6.45) is 4.07. The second kappa shape index (κ2) is 7.27. The predicted molar refractivity (Wildman–Crippen MR) is 95.1 cm³/mol. The van der Waals surface area contributed by atoms with Crippen LogP contribution in [0.2, 0.25) is 37.3 Å². The Bertz CT molecular complexity index is 315. The van der Waals surface area contributed by atoms with E-state index in [-0.39, 0.29) is 11.1 Å². The Labute approximate surface area is 129 Å². The van der Waals surface area contributed by atoms with Gasteiger partial charge in [0.2, 0.25) is 8.32 Å². The smallest absolute Gasteiger partial charge is 0.244 e. The van der Waals surface area contributed by atoms with Gasteiger partial charge in [-0.2, -0.15) is 0 Å². The van der Waals surface area contributed by atoms with Crippen LogP contribution >= 0.6 is 0 Å². The van der Waals surface area contributed by atoms with E-state index in [1.807, 2.05) is 6.26 Å². The Morgan fingerprint density at radius 1 is 1.00 bits per heavy atom. The number of hydrogen-bond acceptors (Lipinski definition) is 2. The molecule has 0 aliphatic heterocycles. The summed E-state index contributed by atoms with van der Waals surface area (Å²) in [7, 11) is -3.25. The topological polar surface area (TPSA) is 18.5 Å². The average Bonchev–Trinajstić information content (AvgIpc) is 2.11. The normalized spacial score (nSPS) is 15.9. The molecule has 0 fully saturated rings.